The molecule has 5 heteroatoms. The van der Waals surface area contributed by atoms with Crippen LogP contribution in [0.15, 0.2) is 0 Å². The minimum atomic E-state index is -0.434. The van der Waals surface area contributed by atoms with Crippen molar-refractivity contribution in [3.63, 3.8) is 0 Å². The highest BCUT2D eigenvalue weighted by Crippen LogP contribution is 2.26. The molecule has 0 bridgehead atoms. The molecule has 0 aliphatic heterocycles. The van der Waals surface area contributed by atoms with Gasteiger partial charge in [-0.25, -0.2) is 4.79 Å². The van der Waals surface area contributed by atoms with Gasteiger partial charge in [0.1, 0.15) is 5.60 Å². The average Bonchev–Trinajstić information content (AvgIpc) is 2.35. The molecule has 1 aliphatic carbocycles. The van der Waals surface area contributed by atoms with Gasteiger partial charge in [0.25, 0.3) is 0 Å². The predicted molar refractivity (Wildman–Crippen MR) is 86.4 cm³/mol. The van der Waals surface area contributed by atoms with E-state index in [0.29, 0.717) is 12.6 Å². The molecule has 1 rings (SSSR count). The van der Waals surface area contributed by atoms with Crippen molar-refractivity contribution in [3.8, 4) is 0 Å². The smallest absolute Gasteiger partial charge is 0.407 e. The number of nitrogens with one attached hydrogen (secondary N) is 2. The van der Waals surface area contributed by atoms with Crippen LogP contribution >= 0.6 is 11.8 Å². The fraction of sp³-hybridized carbons (Fsp3) is 0.933. The van der Waals surface area contributed by atoms with Crippen LogP contribution in [0.5, 0.6) is 0 Å². The molecule has 0 heterocycles. The normalized spacial score (nSPS) is 25.1. The van der Waals surface area contributed by atoms with Gasteiger partial charge < -0.3 is 15.4 Å². The Labute approximate surface area is 127 Å². The summed E-state index contributed by atoms with van der Waals surface area (Å²) in [5, 5.41) is 7.26. The van der Waals surface area contributed by atoms with Gasteiger partial charge in [-0.15, -0.1) is 0 Å². The first-order valence-electron chi connectivity index (χ1n) is 7.56. The number of hydrogen-bond acceptors (Lipinski definition) is 4. The number of hydrogen-bond donors (Lipinski definition) is 2. The molecule has 20 heavy (non-hydrogen) atoms. The second kappa shape index (κ2) is 8.13. The van der Waals surface area contributed by atoms with Crippen LogP contribution in [0.4, 0.5) is 4.79 Å². The Morgan fingerprint density at radius 2 is 1.90 bits per heavy atom. The van der Waals surface area contributed by atoms with Gasteiger partial charge in [0.15, 0.2) is 0 Å². The largest absolute Gasteiger partial charge is 0.444 e. The third kappa shape index (κ3) is 7.39. The van der Waals surface area contributed by atoms with Crippen LogP contribution in [0.25, 0.3) is 0 Å². The van der Waals surface area contributed by atoms with E-state index in [2.05, 4.69) is 23.8 Å². The zero-order valence-electron chi connectivity index (χ0n) is 13.5. The molecular weight excluding hydrogens is 272 g/mol. The Kier molecular flexibility index (Phi) is 7.17. The molecule has 118 valence electrons. The second-order valence-electron chi connectivity index (χ2n) is 6.66. The van der Waals surface area contributed by atoms with Gasteiger partial charge in [-0.3, -0.25) is 0 Å². The molecule has 0 spiro atoms. The van der Waals surface area contributed by atoms with Gasteiger partial charge in [0, 0.05) is 23.9 Å². The van der Waals surface area contributed by atoms with Gasteiger partial charge in [-0.2, -0.15) is 11.8 Å². The van der Waals surface area contributed by atoms with Crippen molar-refractivity contribution in [2.45, 2.75) is 76.3 Å². The number of amides is 1. The van der Waals surface area contributed by atoms with Crippen LogP contribution in [0.2, 0.25) is 0 Å². The topological polar surface area (TPSA) is 50.4 Å². The van der Waals surface area contributed by atoms with Crippen molar-refractivity contribution in [2.24, 2.45) is 0 Å². The Morgan fingerprint density at radius 1 is 1.30 bits per heavy atom. The van der Waals surface area contributed by atoms with Crippen molar-refractivity contribution in [3.05, 3.63) is 0 Å². The van der Waals surface area contributed by atoms with E-state index in [4.69, 9.17) is 4.74 Å². The molecule has 0 aromatic heterocycles. The van der Waals surface area contributed by atoms with Gasteiger partial charge in [-0.1, -0.05) is 0 Å². The van der Waals surface area contributed by atoms with Crippen molar-refractivity contribution < 1.29 is 9.53 Å². The number of rotatable bonds is 5. The summed E-state index contributed by atoms with van der Waals surface area (Å²) >= 11 is 1.98. The quantitative estimate of drug-likeness (QED) is 0.819. The van der Waals surface area contributed by atoms with Crippen molar-refractivity contribution in [2.75, 3.05) is 12.8 Å². The summed E-state index contributed by atoms with van der Waals surface area (Å²) in [4.78, 5) is 11.6. The zero-order valence-corrected chi connectivity index (χ0v) is 14.3. The monoisotopic (exact) mass is 302 g/mol. The van der Waals surface area contributed by atoms with Crippen LogP contribution < -0.4 is 10.6 Å². The van der Waals surface area contributed by atoms with Gasteiger partial charge >= 0.3 is 6.09 Å². The molecule has 1 saturated carbocycles. The van der Waals surface area contributed by atoms with E-state index < -0.39 is 5.60 Å². The molecular formula is C15H30N2O2S. The molecule has 2 N–H and O–H groups in total. The first kappa shape index (κ1) is 17.6. The standard InChI is InChI=1S/C15H30N2O2S/c1-11(10-16-14(18)19-15(2,3)4)17-12-6-8-13(20-5)9-7-12/h11-13,17H,6-10H2,1-5H3,(H,16,18). The van der Waals surface area contributed by atoms with Gasteiger partial charge in [-0.05, 0) is 59.6 Å². The maximum Gasteiger partial charge on any atom is 0.407 e. The minimum absolute atomic E-state index is 0.276. The predicted octanol–water partition coefficient (Wildman–Crippen LogP) is 3.16. The summed E-state index contributed by atoms with van der Waals surface area (Å²) in [6.07, 6.45) is 6.93. The molecule has 1 fully saturated rings. The van der Waals surface area contributed by atoms with Crippen LogP contribution in [0.3, 0.4) is 0 Å². The maximum absolute atomic E-state index is 11.6. The SMILES string of the molecule is CSC1CCC(NC(C)CNC(=O)OC(C)(C)C)CC1. The van der Waals surface area contributed by atoms with E-state index in [1.54, 1.807) is 0 Å². The number of ether oxygens (including phenoxy) is 1. The van der Waals surface area contributed by atoms with Crippen LogP contribution in [0, 0.1) is 0 Å². The highest BCUT2D eigenvalue weighted by molar-refractivity contribution is 7.99. The van der Waals surface area contributed by atoms with Crippen molar-refractivity contribution in [1.29, 1.82) is 0 Å². The maximum atomic E-state index is 11.6. The van der Waals surface area contributed by atoms with E-state index in [1.165, 1.54) is 25.7 Å². The molecule has 4 nitrogen and oxygen atoms in total. The first-order valence-corrected chi connectivity index (χ1v) is 8.84. The second-order valence-corrected chi connectivity index (χ2v) is 7.80. The van der Waals surface area contributed by atoms with Crippen molar-refractivity contribution in [1.82, 2.24) is 10.6 Å². The molecule has 1 unspecified atom stereocenters. The van der Waals surface area contributed by atoms with Crippen molar-refractivity contribution >= 4 is 17.9 Å². The molecule has 1 aliphatic rings. The lowest BCUT2D eigenvalue weighted by atomic mass is 9.94. The fourth-order valence-electron chi connectivity index (χ4n) is 2.48. The highest BCUT2D eigenvalue weighted by atomic mass is 32.2. The molecule has 0 aromatic carbocycles. The van der Waals surface area contributed by atoms with Gasteiger partial charge in [0.2, 0.25) is 0 Å². The van der Waals surface area contributed by atoms with E-state index in [9.17, 15) is 4.79 Å². The number of thioether (sulfide) groups is 1. The summed E-state index contributed by atoms with van der Waals surface area (Å²) in [6, 6.07) is 0.868. The fourth-order valence-corrected chi connectivity index (χ4v) is 3.22. The Bertz CT molecular complexity index is 297. The summed E-state index contributed by atoms with van der Waals surface area (Å²) < 4.78 is 5.23. The Hall–Kier alpha value is -0.420. The van der Waals surface area contributed by atoms with Crippen LogP contribution in [0.1, 0.15) is 53.4 Å². The minimum Gasteiger partial charge on any atom is -0.444 e. The summed E-state index contributed by atoms with van der Waals surface area (Å²) in [6.45, 7) is 8.34. The molecule has 0 radical (unpaired) electrons. The van der Waals surface area contributed by atoms with Crippen LogP contribution in [-0.2, 0) is 4.74 Å². The van der Waals surface area contributed by atoms with Crippen LogP contribution in [-0.4, -0.2) is 41.8 Å². The lowest BCUT2D eigenvalue weighted by molar-refractivity contribution is 0.0522. The Morgan fingerprint density at radius 3 is 2.40 bits per heavy atom. The highest BCUT2D eigenvalue weighted by Gasteiger charge is 2.22. The molecule has 1 atom stereocenters. The van der Waals surface area contributed by atoms with Gasteiger partial charge in [0.05, 0.1) is 0 Å². The number of carbonyl (C=O) groups excluding carboxylic acids is 1. The first-order chi connectivity index (χ1) is 9.30. The molecule has 0 saturated heterocycles. The Balaban J connectivity index is 2.17. The number of alkyl carbamates (subject to hydrolysis) is 1. The third-order valence-electron chi connectivity index (χ3n) is 3.48. The summed E-state index contributed by atoms with van der Waals surface area (Å²) in [5.41, 5.74) is -0.434. The molecule has 0 aromatic rings. The lowest BCUT2D eigenvalue weighted by Gasteiger charge is -2.30. The van der Waals surface area contributed by atoms with E-state index in [1.807, 2.05) is 32.5 Å². The number of carbonyl (C=O) groups is 1. The van der Waals surface area contributed by atoms with E-state index in [-0.39, 0.29) is 12.1 Å². The summed E-state index contributed by atoms with van der Waals surface area (Å²) in [7, 11) is 0. The van der Waals surface area contributed by atoms with E-state index >= 15 is 0 Å². The summed E-state index contributed by atoms with van der Waals surface area (Å²) in [5.74, 6) is 0. The zero-order chi connectivity index (χ0) is 15.2. The van der Waals surface area contributed by atoms with E-state index in [0.717, 1.165) is 5.25 Å². The average molecular weight is 302 g/mol. The third-order valence-corrected chi connectivity index (χ3v) is 4.62. The lowest BCUT2D eigenvalue weighted by Crippen LogP contribution is -2.46. The molecule has 1 amide bonds.